The van der Waals surface area contributed by atoms with Crippen LogP contribution in [0.1, 0.15) is 5.56 Å². The van der Waals surface area contributed by atoms with Crippen molar-refractivity contribution in [1.82, 2.24) is 9.62 Å². The zero-order valence-electron chi connectivity index (χ0n) is 10.9. The Labute approximate surface area is 127 Å². The Morgan fingerprint density at radius 2 is 2.24 bits per heavy atom. The molecular weight excluding hydrogens is 316 g/mol. The third-order valence-electron chi connectivity index (χ3n) is 3.17. The summed E-state index contributed by atoms with van der Waals surface area (Å²) in [7, 11) is -4.01. The van der Waals surface area contributed by atoms with Crippen LogP contribution < -0.4 is 11.1 Å². The number of hydrogen-bond donors (Lipinski definition) is 2. The van der Waals surface area contributed by atoms with Gasteiger partial charge in [0, 0.05) is 19.6 Å². The molecule has 21 heavy (non-hydrogen) atoms. The van der Waals surface area contributed by atoms with Crippen LogP contribution in [0.25, 0.3) is 0 Å². The van der Waals surface area contributed by atoms with Crippen LogP contribution in [0.15, 0.2) is 23.1 Å². The van der Waals surface area contributed by atoms with Crippen molar-refractivity contribution in [3.8, 4) is 6.07 Å². The maximum absolute atomic E-state index is 12.7. The highest BCUT2D eigenvalue weighted by Crippen LogP contribution is 2.27. The summed E-state index contributed by atoms with van der Waals surface area (Å²) in [6.45, 7) is 0.645. The van der Waals surface area contributed by atoms with Crippen molar-refractivity contribution in [3.05, 3.63) is 28.8 Å². The first-order valence-electron chi connectivity index (χ1n) is 6.09. The van der Waals surface area contributed by atoms with E-state index in [9.17, 15) is 13.2 Å². The smallest absolute Gasteiger partial charge is 0.245 e. The van der Waals surface area contributed by atoms with Gasteiger partial charge in [-0.15, -0.1) is 0 Å². The lowest BCUT2D eigenvalue weighted by Crippen LogP contribution is -2.58. The number of primary amides is 1. The summed E-state index contributed by atoms with van der Waals surface area (Å²) in [5.41, 5.74) is 5.43. The predicted molar refractivity (Wildman–Crippen MR) is 75.9 cm³/mol. The summed E-state index contributed by atoms with van der Waals surface area (Å²) < 4.78 is 26.4. The molecule has 1 aliphatic rings. The van der Waals surface area contributed by atoms with E-state index in [1.54, 1.807) is 0 Å². The number of amides is 1. The topological polar surface area (TPSA) is 116 Å². The molecule has 1 saturated heterocycles. The number of piperazine rings is 1. The van der Waals surface area contributed by atoms with Gasteiger partial charge in [-0.3, -0.25) is 4.79 Å². The molecule has 1 aromatic carbocycles. The molecule has 1 fully saturated rings. The quantitative estimate of drug-likeness (QED) is 0.787. The summed E-state index contributed by atoms with van der Waals surface area (Å²) in [5, 5.41) is 11.8. The average Bonchev–Trinajstić information content (AvgIpc) is 2.47. The van der Waals surface area contributed by atoms with Gasteiger partial charge >= 0.3 is 0 Å². The summed E-state index contributed by atoms with van der Waals surface area (Å²) in [5.74, 6) is -0.738. The molecule has 3 N–H and O–H groups in total. The van der Waals surface area contributed by atoms with Gasteiger partial charge < -0.3 is 11.1 Å². The lowest BCUT2D eigenvalue weighted by Gasteiger charge is -2.33. The number of benzene rings is 1. The molecule has 7 nitrogen and oxygen atoms in total. The normalized spacial score (nSPS) is 19.9. The van der Waals surface area contributed by atoms with Gasteiger partial charge in [-0.2, -0.15) is 9.57 Å². The molecule has 1 atom stereocenters. The molecule has 1 unspecified atom stereocenters. The largest absolute Gasteiger partial charge is 0.368 e. The van der Waals surface area contributed by atoms with Gasteiger partial charge in [0.25, 0.3) is 0 Å². The lowest BCUT2D eigenvalue weighted by atomic mass is 10.2. The Kier molecular flexibility index (Phi) is 4.49. The van der Waals surface area contributed by atoms with Crippen LogP contribution in [0.3, 0.4) is 0 Å². The van der Waals surface area contributed by atoms with E-state index in [0.29, 0.717) is 6.54 Å². The van der Waals surface area contributed by atoms with Gasteiger partial charge in [0.2, 0.25) is 15.9 Å². The van der Waals surface area contributed by atoms with Crippen molar-refractivity contribution in [2.45, 2.75) is 10.9 Å². The van der Waals surface area contributed by atoms with Crippen molar-refractivity contribution in [1.29, 1.82) is 5.26 Å². The van der Waals surface area contributed by atoms with E-state index in [1.807, 2.05) is 6.07 Å². The molecule has 9 heteroatoms. The monoisotopic (exact) mass is 328 g/mol. The van der Waals surface area contributed by atoms with E-state index >= 15 is 0 Å². The molecule has 0 radical (unpaired) electrons. The highest BCUT2D eigenvalue weighted by atomic mass is 35.5. The first kappa shape index (κ1) is 15.7. The zero-order chi connectivity index (χ0) is 15.6. The predicted octanol–water partition coefficient (Wildman–Crippen LogP) is -0.341. The maximum Gasteiger partial charge on any atom is 0.245 e. The molecule has 1 heterocycles. The summed E-state index contributed by atoms with van der Waals surface area (Å²) >= 11 is 5.94. The Morgan fingerprint density at radius 1 is 1.52 bits per heavy atom. The number of hydrogen-bond acceptors (Lipinski definition) is 5. The fourth-order valence-electron chi connectivity index (χ4n) is 2.11. The van der Waals surface area contributed by atoms with E-state index in [-0.39, 0.29) is 28.6 Å². The molecule has 112 valence electrons. The van der Waals surface area contributed by atoms with Gasteiger partial charge in [-0.1, -0.05) is 11.6 Å². The van der Waals surface area contributed by atoms with Crippen molar-refractivity contribution < 1.29 is 13.2 Å². The number of nitriles is 1. The van der Waals surface area contributed by atoms with Crippen molar-refractivity contribution in [3.63, 3.8) is 0 Å². The number of carbonyl (C=O) groups excluding carboxylic acids is 1. The first-order valence-corrected chi connectivity index (χ1v) is 7.91. The molecule has 1 amide bonds. The number of nitrogens with zero attached hydrogens (tertiary/aromatic N) is 2. The third kappa shape index (κ3) is 3.01. The summed E-state index contributed by atoms with van der Waals surface area (Å²) in [6.07, 6.45) is 0. The second-order valence-electron chi connectivity index (χ2n) is 4.50. The minimum Gasteiger partial charge on any atom is -0.368 e. The number of sulfonamides is 1. The van der Waals surface area contributed by atoms with Gasteiger partial charge in [0.05, 0.1) is 16.7 Å². The van der Waals surface area contributed by atoms with Crippen molar-refractivity contribution >= 4 is 27.5 Å². The second kappa shape index (κ2) is 5.99. The first-order chi connectivity index (χ1) is 9.87. The standard InChI is InChI=1S/C12H13ClN4O3S/c13-9-2-1-8(6-14)5-11(9)21(19,20)17-4-3-16-7-10(17)12(15)18/h1-2,5,10,16H,3-4,7H2,(H2,15,18). The van der Waals surface area contributed by atoms with Gasteiger partial charge in [0.15, 0.2) is 0 Å². The van der Waals surface area contributed by atoms with Gasteiger partial charge in [0.1, 0.15) is 10.9 Å². The molecular formula is C12H13ClN4O3S. The fourth-order valence-corrected chi connectivity index (χ4v) is 4.21. The Hall–Kier alpha value is -1.66. The van der Waals surface area contributed by atoms with Crippen LogP contribution in [0.5, 0.6) is 0 Å². The molecule has 0 bridgehead atoms. The molecule has 1 aliphatic heterocycles. The minimum absolute atomic E-state index is 0.00393. The minimum atomic E-state index is -4.01. The summed E-state index contributed by atoms with van der Waals surface area (Å²) in [6, 6.07) is 4.83. The van der Waals surface area contributed by atoms with E-state index in [1.165, 1.54) is 18.2 Å². The lowest BCUT2D eigenvalue weighted by molar-refractivity contribution is -0.122. The van der Waals surface area contributed by atoms with Crippen molar-refractivity contribution in [2.24, 2.45) is 5.73 Å². The zero-order valence-corrected chi connectivity index (χ0v) is 12.5. The molecule has 0 aromatic heterocycles. The number of nitrogens with two attached hydrogens (primary N) is 1. The maximum atomic E-state index is 12.7. The van der Waals surface area contributed by atoms with Crippen LogP contribution in [0, 0.1) is 11.3 Å². The molecule has 0 spiro atoms. The highest BCUT2D eigenvalue weighted by molar-refractivity contribution is 7.89. The van der Waals surface area contributed by atoms with Crippen LogP contribution in [-0.4, -0.2) is 44.3 Å². The number of carbonyl (C=O) groups is 1. The van der Waals surface area contributed by atoms with Gasteiger partial charge in [-0.25, -0.2) is 8.42 Å². The Morgan fingerprint density at radius 3 is 2.86 bits per heavy atom. The molecule has 2 rings (SSSR count). The molecule has 0 saturated carbocycles. The summed E-state index contributed by atoms with van der Waals surface area (Å²) in [4.78, 5) is 11.2. The number of halogens is 1. The van der Waals surface area contributed by atoms with Crippen LogP contribution in [0.2, 0.25) is 5.02 Å². The van der Waals surface area contributed by atoms with Crippen molar-refractivity contribution in [2.75, 3.05) is 19.6 Å². The number of nitrogens with one attached hydrogen (secondary N) is 1. The third-order valence-corrected chi connectivity index (χ3v) is 5.56. The highest BCUT2D eigenvalue weighted by Gasteiger charge is 2.37. The second-order valence-corrected chi connectivity index (χ2v) is 6.76. The SMILES string of the molecule is N#Cc1ccc(Cl)c(S(=O)(=O)N2CCNCC2C(N)=O)c1. The average molecular weight is 329 g/mol. The van der Waals surface area contributed by atoms with Crippen LogP contribution in [0.4, 0.5) is 0 Å². The van der Waals surface area contributed by atoms with Crippen LogP contribution in [-0.2, 0) is 14.8 Å². The van der Waals surface area contributed by atoms with E-state index in [2.05, 4.69) is 5.32 Å². The van der Waals surface area contributed by atoms with Gasteiger partial charge in [-0.05, 0) is 18.2 Å². The number of rotatable bonds is 3. The molecule has 0 aliphatic carbocycles. The molecule has 1 aromatic rings. The van der Waals surface area contributed by atoms with E-state index in [4.69, 9.17) is 22.6 Å². The fraction of sp³-hybridized carbons (Fsp3) is 0.333. The van der Waals surface area contributed by atoms with E-state index in [0.717, 1.165) is 4.31 Å². The van der Waals surface area contributed by atoms with E-state index < -0.39 is 22.0 Å². The van der Waals surface area contributed by atoms with Crippen LogP contribution >= 0.6 is 11.6 Å². The Bertz CT molecular complexity index is 714. The Balaban J connectivity index is 2.50.